The number of carbonyl (C=O) groups is 1. The molecule has 1 aromatic rings. The third-order valence-electron chi connectivity index (χ3n) is 2.78. The number of hydrogen-bond donors (Lipinski definition) is 3. The van der Waals surface area contributed by atoms with Crippen LogP contribution in [0.15, 0.2) is 12.3 Å². The lowest BCUT2D eigenvalue weighted by Gasteiger charge is -2.22. The molecule has 2 atom stereocenters. The normalized spacial score (nSPS) is 14.0. The number of aliphatic hydroxyl groups excluding tert-OH is 1. The SMILES string of the molecule is CSC(CO)C(C)Nc1nccc(C)c1C(=O)O. The molecular weight excluding hydrogens is 252 g/mol. The van der Waals surface area contributed by atoms with Gasteiger partial charge in [-0.05, 0) is 31.7 Å². The van der Waals surface area contributed by atoms with E-state index in [2.05, 4.69) is 10.3 Å². The zero-order valence-electron chi connectivity index (χ0n) is 10.7. The number of thioether (sulfide) groups is 1. The Hall–Kier alpha value is -1.27. The van der Waals surface area contributed by atoms with Crippen LogP contribution < -0.4 is 5.32 Å². The molecule has 18 heavy (non-hydrogen) atoms. The predicted molar refractivity (Wildman–Crippen MR) is 73.4 cm³/mol. The van der Waals surface area contributed by atoms with Crippen molar-refractivity contribution in [2.45, 2.75) is 25.1 Å². The van der Waals surface area contributed by atoms with Crippen LogP contribution in [0.1, 0.15) is 22.8 Å². The Balaban J connectivity index is 2.97. The zero-order valence-corrected chi connectivity index (χ0v) is 11.5. The Morgan fingerprint density at radius 2 is 2.28 bits per heavy atom. The number of hydrogen-bond acceptors (Lipinski definition) is 5. The Kier molecular flexibility index (Phi) is 5.43. The standard InChI is InChI=1S/C12H18N2O3S/c1-7-4-5-13-11(10(7)12(16)17)14-8(2)9(6-15)18-3/h4-5,8-9,15H,6H2,1-3H3,(H,13,14)(H,16,17). The van der Waals surface area contributed by atoms with Crippen LogP contribution in [0.4, 0.5) is 5.82 Å². The number of carboxylic acid groups (broad SMARTS) is 1. The molecule has 0 radical (unpaired) electrons. The summed E-state index contributed by atoms with van der Waals surface area (Å²) in [7, 11) is 0. The summed E-state index contributed by atoms with van der Waals surface area (Å²) < 4.78 is 0. The Bertz CT molecular complexity index is 422. The highest BCUT2D eigenvalue weighted by Crippen LogP contribution is 2.20. The summed E-state index contributed by atoms with van der Waals surface area (Å²) in [6.45, 7) is 3.66. The minimum absolute atomic E-state index is 0.00560. The van der Waals surface area contributed by atoms with Gasteiger partial charge < -0.3 is 15.5 Å². The van der Waals surface area contributed by atoms with E-state index in [9.17, 15) is 15.0 Å². The maximum absolute atomic E-state index is 11.2. The van der Waals surface area contributed by atoms with Crippen molar-refractivity contribution < 1.29 is 15.0 Å². The molecule has 2 unspecified atom stereocenters. The highest BCUT2D eigenvalue weighted by Gasteiger charge is 2.20. The van der Waals surface area contributed by atoms with Gasteiger partial charge in [-0.3, -0.25) is 0 Å². The second kappa shape index (κ2) is 6.61. The van der Waals surface area contributed by atoms with Crippen molar-refractivity contribution in [1.82, 2.24) is 4.98 Å². The van der Waals surface area contributed by atoms with Gasteiger partial charge in [-0.2, -0.15) is 11.8 Å². The fourth-order valence-corrected chi connectivity index (χ4v) is 2.31. The van der Waals surface area contributed by atoms with Gasteiger partial charge in [0.15, 0.2) is 0 Å². The molecule has 0 spiro atoms. The van der Waals surface area contributed by atoms with Crippen LogP contribution in [0.5, 0.6) is 0 Å². The first-order chi connectivity index (χ1) is 8.51. The lowest BCUT2D eigenvalue weighted by molar-refractivity contribution is 0.0697. The molecule has 6 heteroatoms. The van der Waals surface area contributed by atoms with E-state index in [0.29, 0.717) is 11.4 Å². The summed E-state index contributed by atoms with van der Waals surface area (Å²) in [6.07, 6.45) is 3.48. The molecule has 0 amide bonds. The maximum atomic E-state index is 11.2. The summed E-state index contributed by atoms with van der Waals surface area (Å²) in [6, 6.07) is 1.59. The summed E-state index contributed by atoms with van der Waals surface area (Å²) in [4.78, 5) is 15.3. The number of nitrogens with zero attached hydrogens (tertiary/aromatic N) is 1. The Labute approximate surface area is 111 Å². The van der Waals surface area contributed by atoms with Gasteiger partial charge in [0.2, 0.25) is 0 Å². The molecular formula is C12H18N2O3S. The highest BCUT2D eigenvalue weighted by atomic mass is 32.2. The van der Waals surface area contributed by atoms with E-state index in [1.165, 1.54) is 11.8 Å². The molecule has 0 saturated carbocycles. The Morgan fingerprint density at radius 3 is 2.78 bits per heavy atom. The minimum atomic E-state index is -1.000. The van der Waals surface area contributed by atoms with Crippen molar-refractivity contribution in [3.63, 3.8) is 0 Å². The zero-order chi connectivity index (χ0) is 13.7. The second-order valence-corrected chi connectivity index (χ2v) is 5.12. The lowest BCUT2D eigenvalue weighted by atomic mass is 10.1. The van der Waals surface area contributed by atoms with Crippen LogP contribution in [0.2, 0.25) is 0 Å². The number of nitrogens with one attached hydrogen (secondary N) is 1. The van der Waals surface area contributed by atoms with E-state index in [1.54, 1.807) is 19.2 Å². The summed E-state index contributed by atoms with van der Waals surface area (Å²) >= 11 is 1.53. The van der Waals surface area contributed by atoms with Gasteiger partial charge in [-0.15, -0.1) is 0 Å². The van der Waals surface area contributed by atoms with Gasteiger partial charge in [-0.1, -0.05) is 0 Å². The van der Waals surface area contributed by atoms with E-state index >= 15 is 0 Å². The van der Waals surface area contributed by atoms with E-state index in [1.807, 2.05) is 13.2 Å². The molecule has 0 bridgehead atoms. The van der Waals surface area contributed by atoms with Gasteiger partial charge in [0, 0.05) is 17.5 Å². The van der Waals surface area contributed by atoms with Crippen molar-refractivity contribution >= 4 is 23.5 Å². The van der Waals surface area contributed by atoms with Crippen molar-refractivity contribution in [3.8, 4) is 0 Å². The molecule has 0 fully saturated rings. The summed E-state index contributed by atoms with van der Waals surface area (Å²) in [5, 5.41) is 21.4. The second-order valence-electron chi connectivity index (χ2n) is 4.05. The molecule has 3 N–H and O–H groups in total. The van der Waals surface area contributed by atoms with Crippen molar-refractivity contribution in [2.75, 3.05) is 18.2 Å². The third-order valence-corrected chi connectivity index (χ3v) is 3.94. The number of aromatic carboxylic acids is 1. The van der Waals surface area contributed by atoms with E-state index in [4.69, 9.17) is 0 Å². The van der Waals surface area contributed by atoms with Crippen LogP contribution in [0.3, 0.4) is 0 Å². The number of anilines is 1. The van der Waals surface area contributed by atoms with Gasteiger partial charge in [0.1, 0.15) is 11.4 Å². The average Bonchev–Trinajstić information content (AvgIpc) is 2.30. The van der Waals surface area contributed by atoms with Crippen molar-refractivity contribution in [3.05, 3.63) is 23.4 Å². The molecule has 1 heterocycles. The molecule has 5 nitrogen and oxygen atoms in total. The number of aromatic nitrogens is 1. The van der Waals surface area contributed by atoms with Crippen LogP contribution >= 0.6 is 11.8 Å². The summed E-state index contributed by atoms with van der Waals surface area (Å²) in [5.41, 5.74) is 0.846. The molecule has 0 aliphatic heterocycles. The first-order valence-electron chi connectivity index (χ1n) is 5.60. The monoisotopic (exact) mass is 270 g/mol. The quantitative estimate of drug-likeness (QED) is 0.728. The molecule has 0 aliphatic rings. The number of aliphatic hydroxyl groups is 1. The van der Waals surface area contributed by atoms with Crippen LogP contribution in [0, 0.1) is 6.92 Å². The molecule has 100 valence electrons. The molecule has 1 rings (SSSR count). The minimum Gasteiger partial charge on any atom is -0.478 e. The average molecular weight is 270 g/mol. The van der Waals surface area contributed by atoms with E-state index in [-0.39, 0.29) is 23.5 Å². The smallest absolute Gasteiger partial charge is 0.339 e. The fraction of sp³-hybridized carbons (Fsp3) is 0.500. The summed E-state index contributed by atoms with van der Waals surface area (Å²) in [5.74, 6) is -0.650. The van der Waals surface area contributed by atoms with E-state index in [0.717, 1.165) is 0 Å². The number of pyridine rings is 1. The Morgan fingerprint density at radius 1 is 1.61 bits per heavy atom. The van der Waals surface area contributed by atoms with Crippen LogP contribution in [-0.4, -0.2) is 45.3 Å². The largest absolute Gasteiger partial charge is 0.478 e. The van der Waals surface area contributed by atoms with Gasteiger partial charge in [0.25, 0.3) is 0 Å². The van der Waals surface area contributed by atoms with Crippen molar-refractivity contribution in [1.29, 1.82) is 0 Å². The number of carboxylic acids is 1. The lowest BCUT2D eigenvalue weighted by Crippen LogP contribution is -2.32. The fourth-order valence-electron chi connectivity index (χ4n) is 1.68. The van der Waals surface area contributed by atoms with Crippen LogP contribution in [0.25, 0.3) is 0 Å². The first kappa shape index (κ1) is 14.8. The van der Waals surface area contributed by atoms with E-state index < -0.39 is 5.97 Å². The van der Waals surface area contributed by atoms with Gasteiger partial charge >= 0.3 is 5.97 Å². The third kappa shape index (κ3) is 3.36. The van der Waals surface area contributed by atoms with Crippen LogP contribution in [-0.2, 0) is 0 Å². The molecule has 0 saturated heterocycles. The molecule has 0 aliphatic carbocycles. The first-order valence-corrected chi connectivity index (χ1v) is 6.89. The molecule has 1 aromatic heterocycles. The number of rotatable bonds is 6. The molecule has 0 aromatic carbocycles. The predicted octanol–water partition coefficient (Wildman–Crippen LogP) is 1.61. The topological polar surface area (TPSA) is 82.5 Å². The van der Waals surface area contributed by atoms with Gasteiger partial charge in [-0.25, -0.2) is 9.78 Å². The van der Waals surface area contributed by atoms with Crippen molar-refractivity contribution in [2.24, 2.45) is 0 Å². The maximum Gasteiger partial charge on any atom is 0.339 e. The highest BCUT2D eigenvalue weighted by molar-refractivity contribution is 7.99. The van der Waals surface area contributed by atoms with Gasteiger partial charge in [0.05, 0.1) is 6.61 Å². The number of aryl methyl sites for hydroxylation is 1.